The summed E-state index contributed by atoms with van der Waals surface area (Å²) in [5, 5.41) is 0. The molecule has 11 heavy (non-hydrogen) atoms. The summed E-state index contributed by atoms with van der Waals surface area (Å²) in [4.78, 5) is 10.9. The predicted octanol–water partition coefficient (Wildman–Crippen LogP) is 0.777. The van der Waals surface area contributed by atoms with Gasteiger partial charge in [-0.2, -0.15) is 0 Å². The van der Waals surface area contributed by atoms with E-state index in [-0.39, 0.29) is 0 Å². The molecule has 0 aromatic carbocycles. The number of likely N-dealkylation sites (N-methyl/N-ethyl adjacent to an activating group) is 1. The van der Waals surface area contributed by atoms with Gasteiger partial charge in [-0.15, -0.1) is 0 Å². The lowest BCUT2D eigenvalue weighted by Gasteiger charge is -2.09. The number of hydrogen-bond acceptors (Lipinski definition) is 3. The summed E-state index contributed by atoms with van der Waals surface area (Å²) in [5.74, 6) is 1.06. The molecule has 1 aliphatic heterocycles. The fraction of sp³-hybridized carbons (Fsp3) is 0.500. The van der Waals surface area contributed by atoms with Crippen LogP contribution in [0.5, 0.6) is 0 Å². The van der Waals surface area contributed by atoms with Crippen molar-refractivity contribution in [3.05, 3.63) is 17.6 Å². The molecule has 0 fully saturated rings. The van der Waals surface area contributed by atoms with E-state index in [9.17, 15) is 0 Å². The molecule has 0 saturated heterocycles. The average Bonchev–Trinajstić information content (AvgIpc) is 2.33. The lowest BCUT2D eigenvalue weighted by molar-refractivity contribution is 0.938. The van der Waals surface area contributed by atoms with Gasteiger partial charge in [0, 0.05) is 26.2 Å². The number of nitrogens with zero attached hydrogens (tertiary/aromatic N) is 3. The molecule has 58 valence electrons. The van der Waals surface area contributed by atoms with Crippen LogP contribution in [-0.4, -0.2) is 23.6 Å². The highest BCUT2D eigenvalue weighted by molar-refractivity contribution is 5.47. The van der Waals surface area contributed by atoms with Crippen molar-refractivity contribution in [2.75, 3.05) is 18.5 Å². The lowest BCUT2D eigenvalue weighted by Crippen LogP contribution is -2.13. The number of anilines is 1. The molecule has 1 aromatic heterocycles. The zero-order valence-electron chi connectivity index (χ0n) is 6.83. The van der Waals surface area contributed by atoms with Gasteiger partial charge in [-0.1, -0.05) is 0 Å². The predicted molar refractivity (Wildman–Crippen MR) is 43.7 cm³/mol. The van der Waals surface area contributed by atoms with Crippen molar-refractivity contribution in [1.82, 2.24) is 9.97 Å². The largest absolute Gasteiger partial charge is 0.358 e. The Hall–Kier alpha value is -1.12. The SMILES string of the molecule is Cc1cnc2c(n1)N(C)CC2. The highest BCUT2D eigenvalue weighted by Crippen LogP contribution is 2.21. The Labute approximate surface area is 66.1 Å². The number of aromatic nitrogens is 2. The van der Waals surface area contributed by atoms with Crippen LogP contribution in [0, 0.1) is 6.92 Å². The van der Waals surface area contributed by atoms with E-state index in [1.807, 2.05) is 13.1 Å². The van der Waals surface area contributed by atoms with Crippen molar-refractivity contribution in [2.24, 2.45) is 0 Å². The van der Waals surface area contributed by atoms with Crippen molar-refractivity contribution in [2.45, 2.75) is 13.3 Å². The highest BCUT2D eigenvalue weighted by Gasteiger charge is 2.17. The lowest BCUT2D eigenvalue weighted by atomic mass is 10.3. The van der Waals surface area contributed by atoms with E-state index in [0.717, 1.165) is 30.2 Å². The molecule has 0 unspecified atom stereocenters. The Balaban J connectivity index is 2.52. The van der Waals surface area contributed by atoms with Crippen molar-refractivity contribution < 1.29 is 0 Å². The third-order valence-electron chi connectivity index (χ3n) is 1.99. The summed E-state index contributed by atoms with van der Waals surface area (Å²) in [7, 11) is 2.06. The van der Waals surface area contributed by atoms with Gasteiger partial charge in [0.25, 0.3) is 0 Å². The second-order valence-corrected chi connectivity index (χ2v) is 2.95. The Morgan fingerprint density at radius 2 is 2.36 bits per heavy atom. The molecule has 0 saturated carbocycles. The Morgan fingerprint density at radius 1 is 1.55 bits per heavy atom. The molecule has 2 rings (SSSR count). The third-order valence-corrected chi connectivity index (χ3v) is 1.99. The molecule has 0 atom stereocenters. The van der Waals surface area contributed by atoms with Crippen LogP contribution in [0.15, 0.2) is 6.20 Å². The van der Waals surface area contributed by atoms with E-state index in [4.69, 9.17) is 0 Å². The van der Waals surface area contributed by atoms with Gasteiger partial charge in [0.05, 0.1) is 11.4 Å². The van der Waals surface area contributed by atoms with E-state index < -0.39 is 0 Å². The topological polar surface area (TPSA) is 29.0 Å². The van der Waals surface area contributed by atoms with Gasteiger partial charge < -0.3 is 4.90 Å². The molecule has 0 N–H and O–H groups in total. The molecule has 0 spiro atoms. The van der Waals surface area contributed by atoms with Gasteiger partial charge in [-0.3, -0.25) is 4.98 Å². The average molecular weight is 149 g/mol. The second-order valence-electron chi connectivity index (χ2n) is 2.95. The minimum absolute atomic E-state index is 0.998. The minimum atomic E-state index is 0.998. The summed E-state index contributed by atoms with van der Waals surface area (Å²) < 4.78 is 0. The monoisotopic (exact) mass is 149 g/mol. The van der Waals surface area contributed by atoms with Gasteiger partial charge >= 0.3 is 0 Å². The van der Waals surface area contributed by atoms with Crippen LogP contribution < -0.4 is 4.90 Å². The molecule has 2 heterocycles. The Bertz CT molecular complexity index is 283. The summed E-state index contributed by atoms with van der Waals surface area (Å²) in [6.45, 7) is 3.03. The fourth-order valence-corrected chi connectivity index (χ4v) is 1.35. The van der Waals surface area contributed by atoms with E-state index in [0.29, 0.717) is 0 Å². The zero-order chi connectivity index (χ0) is 7.84. The maximum atomic E-state index is 4.40. The number of aryl methyl sites for hydroxylation is 1. The maximum Gasteiger partial charge on any atom is 0.150 e. The zero-order valence-corrected chi connectivity index (χ0v) is 6.83. The minimum Gasteiger partial charge on any atom is -0.358 e. The van der Waals surface area contributed by atoms with Gasteiger partial charge in [0.1, 0.15) is 5.82 Å². The first-order valence-corrected chi connectivity index (χ1v) is 3.81. The van der Waals surface area contributed by atoms with Gasteiger partial charge in [0.2, 0.25) is 0 Å². The number of hydrogen-bond donors (Lipinski definition) is 0. The first-order chi connectivity index (χ1) is 5.27. The molecule has 3 nitrogen and oxygen atoms in total. The number of rotatable bonds is 0. The van der Waals surface area contributed by atoms with E-state index in [2.05, 4.69) is 21.9 Å². The van der Waals surface area contributed by atoms with Crippen molar-refractivity contribution in [3.63, 3.8) is 0 Å². The maximum absolute atomic E-state index is 4.40. The van der Waals surface area contributed by atoms with Crippen LogP contribution >= 0.6 is 0 Å². The second kappa shape index (κ2) is 2.19. The first-order valence-electron chi connectivity index (χ1n) is 3.81. The molecule has 3 heteroatoms. The van der Waals surface area contributed by atoms with E-state index in [1.54, 1.807) is 0 Å². The molecular weight excluding hydrogens is 138 g/mol. The smallest absolute Gasteiger partial charge is 0.150 e. The van der Waals surface area contributed by atoms with Crippen molar-refractivity contribution >= 4 is 5.82 Å². The molecule has 0 amide bonds. The van der Waals surface area contributed by atoms with Crippen LogP contribution in [0.1, 0.15) is 11.4 Å². The van der Waals surface area contributed by atoms with Crippen LogP contribution in [0.2, 0.25) is 0 Å². The van der Waals surface area contributed by atoms with Gasteiger partial charge in [-0.05, 0) is 6.92 Å². The van der Waals surface area contributed by atoms with Crippen molar-refractivity contribution in [3.8, 4) is 0 Å². The summed E-state index contributed by atoms with van der Waals surface area (Å²) in [6.07, 6.45) is 2.87. The summed E-state index contributed by atoms with van der Waals surface area (Å²) >= 11 is 0. The molecule has 1 aromatic rings. The van der Waals surface area contributed by atoms with Gasteiger partial charge in [-0.25, -0.2) is 4.98 Å². The van der Waals surface area contributed by atoms with Crippen molar-refractivity contribution in [1.29, 1.82) is 0 Å². The van der Waals surface area contributed by atoms with Crippen LogP contribution in [0.25, 0.3) is 0 Å². The Kier molecular flexibility index (Phi) is 1.31. The fourth-order valence-electron chi connectivity index (χ4n) is 1.35. The summed E-state index contributed by atoms with van der Waals surface area (Å²) in [6, 6.07) is 0. The van der Waals surface area contributed by atoms with Crippen LogP contribution in [-0.2, 0) is 6.42 Å². The standard InChI is InChI=1S/C8H11N3/c1-6-5-9-7-3-4-11(2)8(7)10-6/h5H,3-4H2,1-2H3. The molecule has 1 aliphatic rings. The summed E-state index contributed by atoms with van der Waals surface area (Å²) in [5.41, 5.74) is 2.13. The van der Waals surface area contributed by atoms with E-state index >= 15 is 0 Å². The molecule has 0 bridgehead atoms. The Morgan fingerprint density at radius 3 is 3.18 bits per heavy atom. The molecule has 0 radical (unpaired) electrons. The quantitative estimate of drug-likeness (QED) is 0.545. The van der Waals surface area contributed by atoms with Crippen LogP contribution in [0.3, 0.4) is 0 Å². The van der Waals surface area contributed by atoms with E-state index in [1.165, 1.54) is 0 Å². The highest BCUT2D eigenvalue weighted by atomic mass is 15.2. The van der Waals surface area contributed by atoms with Gasteiger partial charge in [0.15, 0.2) is 0 Å². The van der Waals surface area contributed by atoms with Crippen LogP contribution in [0.4, 0.5) is 5.82 Å². The normalized spacial score (nSPS) is 15.3. The molecular formula is C8H11N3. The third kappa shape index (κ3) is 0.964. The molecule has 0 aliphatic carbocycles. The number of fused-ring (bicyclic) bond motifs is 1. The first kappa shape index (κ1) is 6.58.